The van der Waals surface area contributed by atoms with Crippen molar-refractivity contribution in [3.63, 3.8) is 0 Å². The van der Waals surface area contributed by atoms with Gasteiger partial charge >= 0.3 is 0 Å². The molecule has 0 spiro atoms. The SMILES string of the molecule is CC(C)c1ccc(CCC(=O)N2CCN(S(=O)(=O)c3ccc(F)c(F)c3)CC2)cc1. The standard InChI is InChI=1S/C22H26F2N2O3S/c1-16(2)18-6-3-17(4-7-18)5-10-22(27)25-11-13-26(14-12-25)30(28,29)19-8-9-20(23)21(24)15-19/h3-4,6-9,15-16H,5,10-14H2,1-2H3. The first-order chi connectivity index (χ1) is 14.2. The molecule has 0 saturated carbocycles. The van der Waals surface area contributed by atoms with Crippen molar-refractivity contribution in [3.8, 4) is 0 Å². The summed E-state index contributed by atoms with van der Waals surface area (Å²) in [6.07, 6.45) is 0.988. The minimum atomic E-state index is -3.93. The number of nitrogens with zero attached hydrogens (tertiary/aromatic N) is 2. The van der Waals surface area contributed by atoms with Crippen LogP contribution in [0.2, 0.25) is 0 Å². The molecule has 0 radical (unpaired) electrons. The zero-order valence-electron chi connectivity index (χ0n) is 17.1. The predicted octanol–water partition coefficient (Wildman–Crippen LogP) is 3.55. The Hall–Kier alpha value is -2.32. The molecule has 1 aliphatic rings. The van der Waals surface area contributed by atoms with Crippen molar-refractivity contribution < 1.29 is 22.0 Å². The largest absolute Gasteiger partial charge is 0.340 e. The van der Waals surface area contributed by atoms with Gasteiger partial charge in [0.1, 0.15) is 0 Å². The zero-order chi connectivity index (χ0) is 21.9. The Bertz CT molecular complexity index is 1000. The molecule has 0 aromatic heterocycles. The molecule has 2 aromatic carbocycles. The Morgan fingerprint density at radius 3 is 2.17 bits per heavy atom. The molecule has 0 unspecified atom stereocenters. The second-order valence-electron chi connectivity index (χ2n) is 7.76. The molecule has 1 heterocycles. The van der Waals surface area contributed by atoms with E-state index in [-0.39, 0.29) is 37.0 Å². The van der Waals surface area contributed by atoms with Crippen LogP contribution in [0.3, 0.4) is 0 Å². The third kappa shape index (κ3) is 5.05. The van der Waals surface area contributed by atoms with E-state index in [2.05, 4.69) is 26.0 Å². The summed E-state index contributed by atoms with van der Waals surface area (Å²) in [7, 11) is -3.93. The minimum absolute atomic E-state index is 0.0205. The molecule has 1 saturated heterocycles. The maximum atomic E-state index is 13.4. The Balaban J connectivity index is 1.54. The Labute approximate surface area is 176 Å². The highest BCUT2D eigenvalue weighted by atomic mass is 32.2. The monoisotopic (exact) mass is 436 g/mol. The van der Waals surface area contributed by atoms with Crippen molar-refractivity contribution >= 4 is 15.9 Å². The van der Waals surface area contributed by atoms with Crippen LogP contribution >= 0.6 is 0 Å². The second-order valence-corrected chi connectivity index (χ2v) is 9.70. The van der Waals surface area contributed by atoms with E-state index >= 15 is 0 Å². The lowest BCUT2D eigenvalue weighted by Gasteiger charge is -2.34. The average molecular weight is 437 g/mol. The summed E-state index contributed by atoms with van der Waals surface area (Å²) in [4.78, 5) is 13.9. The molecule has 3 rings (SSSR count). The number of rotatable bonds is 6. The number of hydrogen-bond donors (Lipinski definition) is 0. The molecule has 1 fully saturated rings. The van der Waals surface area contributed by atoms with Crippen LogP contribution in [-0.4, -0.2) is 49.7 Å². The minimum Gasteiger partial charge on any atom is -0.340 e. The third-order valence-corrected chi connectivity index (χ3v) is 7.29. The van der Waals surface area contributed by atoms with Gasteiger partial charge in [0.2, 0.25) is 15.9 Å². The summed E-state index contributed by atoms with van der Waals surface area (Å²) in [6, 6.07) is 10.8. The lowest BCUT2D eigenvalue weighted by molar-refractivity contribution is -0.132. The highest BCUT2D eigenvalue weighted by molar-refractivity contribution is 7.89. The quantitative estimate of drug-likeness (QED) is 0.696. The molecular formula is C22H26F2N2O3S. The third-order valence-electron chi connectivity index (χ3n) is 5.39. The van der Waals surface area contributed by atoms with E-state index in [9.17, 15) is 22.0 Å². The summed E-state index contributed by atoms with van der Waals surface area (Å²) < 4.78 is 53.0. The summed E-state index contributed by atoms with van der Waals surface area (Å²) in [6.45, 7) is 5.05. The molecule has 2 aromatic rings. The van der Waals surface area contributed by atoms with Crippen LogP contribution < -0.4 is 0 Å². The predicted molar refractivity (Wildman–Crippen MR) is 111 cm³/mol. The summed E-state index contributed by atoms with van der Waals surface area (Å²) in [5.41, 5.74) is 2.34. The first-order valence-electron chi connectivity index (χ1n) is 10.0. The van der Waals surface area contributed by atoms with Gasteiger partial charge in [-0.25, -0.2) is 17.2 Å². The molecule has 1 amide bonds. The van der Waals surface area contributed by atoms with Crippen molar-refractivity contribution in [3.05, 3.63) is 65.2 Å². The zero-order valence-corrected chi connectivity index (χ0v) is 18.0. The molecule has 0 N–H and O–H groups in total. The van der Waals surface area contributed by atoms with Crippen LogP contribution in [-0.2, 0) is 21.2 Å². The van der Waals surface area contributed by atoms with Gasteiger partial charge in [-0.05, 0) is 41.7 Å². The van der Waals surface area contributed by atoms with Crippen molar-refractivity contribution in [2.75, 3.05) is 26.2 Å². The van der Waals surface area contributed by atoms with Crippen molar-refractivity contribution in [2.24, 2.45) is 0 Å². The van der Waals surface area contributed by atoms with Crippen LogP contribution in [0.5, 0.6) is 0 Å². The number of piperazine rings is 1. The van der Waals surface area contributed by atoms with E-state index < -0.39 is 21.7 Å². The molecule has 1 aliphatic heterocycles. The number of sulfonamides is 1. The fraction of sp³-hybridized carbons (Fsp3) is 0.409. The van der Waals surface area contributed by atoms with E-state index in [0.29, 0.717) is 24.8 Å². The van der Waals surface area contributed by atoms with E-state index in [4.69, 9.17) is 0 Å². The van der Waals surface area contributed by atoms with Gasteiger partial charge in [0, 0.05) is 32.6 Å². The molecule has 0 atom stereocenters. The number of hydrogen-bond acceptors (Lipinski definition) is 3. The average Bonchev–Trinajstić information content (AvgIpc) is 2.74. The van der Waals surface area contributed by atoms with Crippen LogP contribution in [0, 0.1) is 11.6 Å². The molecule has 30 heavy (non-hydrogen) atoms. The van der Waals surface area contributed by atoms with Gasteiger partial charge in [-0.1, -0.05) is 38.1 Å². The molecule has 162 valence electrons. The molecule has 5 nitrogen and oxygen atoms in total. The van der Waals surface area contributed by atoms with Crippen LogP contribution in [0.4, 0.5) is 8.78 Å². The second kappa shape index (κ2) is 9.22. The normalized spacial score (nSPS) is 15.6. The number of aryl methyl sites for hydroxylation is 1. The number of carbonyl (C=O) groups is 1. The topological polar surface area (TPSA) is 57.7 Å². The van der Waals surface area contributed by atoms with Gasteiger partial charge in [0.05, 0.1) is 4.90 Å². The van der Waals surface area contributed by atoms with Crippen LogP contribution in [0.1, 0.15) is 37.3 Å². The maximum Gasteiger partial charge on any atom is 0.243 e. The van der Waals surface area contributed by atoms with E-state index in [1.54, 1.807) is 4.90 Å². The number of halogens is 2. The van der Waals surface area contributed by atoms with E-state index in [1.165, 1.54) is 9.87 Å². The van der Waals surface area contributed by atoms with Gasteiger partial charge in [0.15, 0.2) is 11.6 Å². The first kappa shape index (κ1) is 22.4. The Morgan fingerprint density at radius 1 is 0.967 bits per heavy atom. The number of carbonyl (C=O) groups excluding carboxylic acids is 1. The fourth-order valence-electron chi connectivity index (χ4n) is 3.44. The van der Waals surface area contributed by atoms with Crippen LogP contribution in [0.15, 0.2) is 47.4 Å². The van der Waals surface area contributed by atoms with Crippen molar-refractivity contribution in [1.29, 1.82) is 0 Å². The lowest BCUT2D eigenvalue weighted by atomic mass is 10.00. The highest BCUT2D eigenvalue weighted by Gasteiger charge is 2.30. The maximum absolute atomic E-state index is 13.4. The summed E-state index contributed by atoms with van der Waals surface area (Å²) in [5, 5.41) is 0. The number of amides is 1. The van der Waals surface area contributed by atoms with E-state index in [0.717, 1.165) is 17.7 Å². The van der Waals surface area contributed by atoms with Crippen molar-refractivity contribution in [1.82, 2.24) is 9.21 Å². The Kier molecular flexibility index (Phi) is 6.88. The van der Waals surface area contributed by atoms with Gasteiger partial charge in [-0.3, -0.25) is 4.79 Å². The van der Waals surface area contributed by atoms with Crippen molar-refractivity contribution in [2.45, 2.75) is 37.5 Å². The lowest BCUT2D eigenvalue weighted by Crippen LogP contribution is -2.50. The number of benzene rings is 2. The molecule has 8 heteroatoms. The summed E-state index contributed by atoms with van der Waals surface area (Å²) in [5.74, 6) is -1.86. The fourth-order valence-corrected chi connectivity index (χ4v) is 4.88. The molecular weight excluding hydrogens is 410 g/mol. The van der Waals surface area contributed by atoms with Gasteiger partial charge in [-0.15, -0.1) is 0 Å². The summed E-state index contributed by atoms with van der Waals surface area (Å²) >= 11 is 0. The first-order valence-corrected chi connectivity index (χ1v) is 11.4. The van der Waals surface area contributed by atoms with E-state index in [1.807, 2.05) is 12.1 Å². The highest BCUT2D eigenvalue weighted by Crippen LogP contribution is 2.20. The van der Waals surface area contributed by atoms with Crippen LogP contribution in [0.25, 0.3) is 0 Å². The molecule has 0 bridgehead atoms. The van der Waals surface area contributed by atoms with Gasteiger partial charge in [-0.2, -0.15) is 4.31 Å². The smallest absolute Gasteiger partial charge is 0.243 e. The Morgan fingerprint density at radius 2 is 1.60 bits per heavy atom. The van der Waals surface area contributed by atoms with Gasteiger partial charge < -0.3 is 4.90 Å². The molecule has 0 aliphatic carbocycles. The van der Waals surface area contributed by atoms with Gasteiger partial charge in [0.25, 0.3) is 0 Å².